The monoisotopic (exact) mass is 498 g/mol. The number of hydrogen-bond acceptors (Lipinski definition) is 3. The van der Waals surface area contributed by atoms with Gasteiger partial charge in [-0.2, -0.15) is 0 Å². The number of benzene rings is 1. The van der Waals surface area contributed by atoms with Crippen molar-refractivity contribution < 1.29 is 9.21 Å². The lowest BCUT2D eigenvalue weighted by molar-refractivity contribution is 0.0925. The molecule has 1 aromatic carbocycles. The van der Waals surface area contributed by atoms with E-state index in [0.29, 0.717) is 18.8 Å². The molecule has 2 aromatic rings. The van der Waals surface area contributed by atoms with Gasteiger partial charge in [-0.15, -0.1) is 24.0 Å². The zero-order chi connectivity index (χ0) is 19.5. The largest absolute Gasteiger partial charge is 0.459 e. The molecule has 0 aliphatic carbocycles. The molecule has 6 nitrogen and oxygen atoms in total. The van der Waals surface area contributed by atoms with Crippen LogP contribution in [0.5, 0.6) is 0 Å². The summed E-state index contributed by atoms with van der Waals surface area (Å²) in [6.07, 6.45) is 3.33. The van der Waals surface area contributed by atoms with Gasteiger partial charge in [0.2, 0.25) is 0 Å². The van der Waals surface area contributed by atoms with Gasteiger partial charge < -0.3 is 20.4 Å². The molecule has 1 amide bonds. The van der Waals surface area contributed by atoms with Gasteiger partial charge in [-0.1, -0.05) is 31.2 Å². The second kappa shape index (κ2) is 13.2. The molecular weight excluding hydrogens is 467 g/mol. The Morgan fingerprint density at radius 3 is 2.39 bits per heavy atom. The van der Waals surface area contributed by atoms with Crippen molar-refractivity contribution >= 4 is 35.8 Å². The number of aliphatic imine (C=N–C) groups is 1. The fourth-order valence-electron chi connectivity index (χ4n) is 2.75. The summed E-state index contributed by atoms with van der Waals surface area (Å²) in [6, 6.07) is 10.2. The number of halogens is 1. The lowest BCUT2D eigenvalue weighted by Crippen LogP contribution is -2.38. The van der Waals surface area contributed by atoms with E-state index in [1.165, 1.54) is 17.4 Å². The first-order valence-corrected chi connectivity index (χ1v) is 9.57. The van der Waals surface area contributed by atoms with Crippen molar-refractivity contribution in [3.05, 3.63) is 59.0 Å². The van der Waals surface area contributed by atoms with Crippen molar-refractivity contribution in [2.24, 2.45) is 4.99 Å². The Hall–Kier alpha value is -2.03. The first-order valence-electron chi connectivity index (χ1n) is 9.57. The van der Waals surface area contributed by atoms with Crippen molar-refractivity contribution in [2.75, 3.05) is 19.6 Å². The predicted octanol–water partition coefficient (Wildman–Crippen LogP) is 3.64. The van der Waals surface area contributed by atoms with Gasteiger partial charge in [0, 0.05) is 25.2 Å². The van der Waals surface area contributed by atoms with Crippen LogP contribution in [0.15, 0.2) is 46.0 Å². The Morgan fingerprint density at radius 2 is 1.75 bits per heavy atom. The zero-order valence-corrected chi connectivity index (χ0v) is 19.2. The Morgan fingerprint density at radius 1 is 1.04 bits per heavy atom. The topological polar surface area (TPSA) is 78.7 Å². The number of hydrogen-bond donors (Lipinski definition) is 3. The zero-order valence-electron chi connectivity index (χ0n) is 16.9. The molecular formula is C21H31IN4O2. The predicted molar refractivity (Wildman–Crippen MR) is 124 cm³/mol. The Kier molecular flexibility index (Phi) is 11.3. The third-order valence-corrected chi connectivity index (χ3v) is 4.25. The minimum Gasteiger partial charge on any atom is -0.459 e. The van der Waals surface area contributed by atoms with E-state index in [4.69, 9.17) is 4.42 Å². The Balaban J connectivity index is 0.00000392. The van der Waals surface area contributed by atoms with Crippen molar-refractivity contribution in [1.82, 2.24) is 16.0 Å². The molecule has 0 atom stereocenters. The SMILES string of the molecule is CCNC(=NCc1ccccc1CC)NCCCNC(=O)c1occc1C.I. The summed E-state index contributed by atoms with van der Waals surface area (Å²) in [5.41, 5.74) is 3.42. The van der Waals surface area contributed by atoms with Crippen LogP contribution in [-0.4, -0.2) is 31.5 Å². The smallest absolute Gasteiger partial charge is 0.287 e. The van der Waals surface area contributed by atoms with E-state index in [0.717, 1.165) is 37.5 Å². The molecule has 0 unspecified atom stereocenters. The molecule has 0 saturated carbocycles. The normalized spacial score (nSPS) is 10.9. The summed E-state index contributed by atoms with van der Waals surface area (Å²) in [7, 11) is 0. The third-order valence-electron chi connectivity index (χ3n) is 4.25. The van der Waals surface area contributed by atoms with E-state index in [-0.39, 0.29) is 29.9 Å². The third kappa shape index (κ3) is 7.53. The Bertz CT molecular complexity index is 758. The number of aryl methyl sites for hydroxylation is 2. The van der Waals surface area contributed by atoms with E-state index in [1.807, 2.05) is 19.9 Å². The maximum absolute atomic E-state index is 12.0. The van der Waals surface area contributed by atoms with Crippen LogP contribution in [0.4, 0.5) is 0 Å². The average Bonchev–Trinajstić information content (AvgIpc) is 3.11. The number of carbonyl (C=O) groups excluding carboxylic acids is 1. The summed E-state index contributed by atoms with van der Waals surface area (Å²) in [4.78, 5) is 16.7. The molecule has 0 radical (unpaired) electrons. The van der Waals surface area contributed by atoms with Crippen LogP contribution in [0, 0.1) is 6.92 Å². The van der Waals surface area contributed by atoms with Crippen molar-refractivity contribution in [3.63, 3.8) is 0 Å². The van der Waals surface area contributed by atoms with E-state index < -0.39 is 0 Å². The lowest BCUT2D eigenvalue weighted by atomic mass is 10.1. The second-order valence-corrected chi connectivity index (χ2v) is 6.29. The standard InChI is InChI=1S/C21H30N4O2.HI/c1-4-17-9-6-7-10-18(17)15-25-21(22-5-2)24-13-8-12-23-20(26)19-16(3)11-14-27-19;/h6-7,9-11,14H,4-5,8,12-13,15H2,1-3H3,(H,23,26)(H2,22,24,25);1H. The van der Waals surface area contributed by atoms with Crippen LogP contribution in [0.25, 0.3) is 0 Å². The molecule has 28 heavy (non-hydrogen) atoms. The minimum absolute atomic E-state index is 0. The molecule has 0 fully saturated rings. The van der Waals surface area contributed by atoms with Gasteiger partial charge >= 0.3 is 0 Å². The van der Waals surface area contributed by atoms with Crippen molar-refractivity contribution in [1.29, 1.82) is 0 Å². The first-order chi connectivity index (χ1) is 13.2. The highest BCUT2D eigenvalue weighted by Crippen LogP contribution is 2.10. The minimum atomic E-state index is -0.172. The Labute approximate surface area is 184 Å². The summed E-state index contributed by atoms with van der Waals surface area (Å²) >= 11 is 0. The molecule has 154 valence electrons. The van der Waals surface area contributed by atoms with Gasteiger partial charge in [-0.25, -0.2) is 4.99 Å². The van der Waals surface area contributed by atoms with Gasteiger partial charge in [0.15, 0.2) is 11.7 Å². The highest BCUT2D eigenvalue weighted by Gasteiger charge is 2.11. The molecule has 0 saturated heterocycles. The van der Waals surface area contributed by atoms with Gasteiger partial charge in [0.25, 0.3) is 5.91 Å². The highest BCUT2D eigenvalue weighted by molar-refractivity contribution is 14.0. The van der Waals surface area contributed by atoms with Crippen LogP contribution < -0.4 is 16.0 Å². The number of furan rings is 1. The van der Waals surface area contributed by atoms with Crippen LogP contribution >= 0.6 is 24.0 Å². The first kappa shape index (κ1) is 24.0. The summed E-state index contributed by atoms with van der Waals surface area (Å²) < 4.78 is 5.19. The van der Waals surface area contributed by atoms with E-state index in [2.05, 4.69) is 46.1 Å². The van der Waals surface area contributed by atoms with Crippen molar-refractivity contribution in [3.8, 4) is 0 Å². The van der Waals surface area contributed by atoms with E-state index in [9.17, 15) is 4.79 Å². The van der Waals surface area contributed by atoms with Crippen molar-refractivity contribution in [2.45, 2.75) is 40.2 Å². The second-order valence-electron chi connectivity index (χ2n) is 6.29. The van der Waals surface area contributed by atoms with Gasteiger partial charge in [-0.05, 0) is 43.9 Å². The van der Waals surface area contributed by atoms with Crippen LogP contribution in [0.3, 0.4) is 0 Å². The lowest BCUT2D eigenvalue weighted by Gasteiger charge is -2.12. The van der Waals surface area contributed by atoms with Crippen LogP contribution in [0.2, 0.25) is 0 Å². The summed E-state index contributed by atoms with van der Waals surface area (Å²) in [6.45, 7) is 8.80. The van der Waals surface area contributed by atoms with Gasteiger partial charge in [-0.3, -0.25) is 4.79 Å². The molecule has 0 aliphatic heterocycles. The molecule has 1 heterocycles. The number of rotatable bonds is 9. The van der Waals surface area contributed by atoms with Crippen LogP contribution in [-0.2, 0) is 13.0 Å². The van der Waals surface area contributed by atoms with Gasteiger partial charge in [0.05, 0.1) is 12.8 Å². The molecule has 2 rings (SSSR count). The summed E-state index contributed by atoms with van der Waals surface area (Å²) in [5, 5.41) is 9.44. The molecule has 0 bridgehead atoms. The van der Waals surface area contributed by atoms with Gasteiger partial charge in [0.1, 0.15) is 0 Å². The molecule has 7 heteroatoms. The molecule has 3 N–H and O–H groups in total. The number of amides is 1. The summed E-state index contributed by atoms with van der Waals surface area (Å²) in [5.74, 6) is 0.998. The molecule has 0 aliphatic rings. The maximum atomic E-state index is 12.0. The van der Waals surface area contributed by atoms with E-state index in [1.54, 1.807) is 6.07 Å². The number of nitrogens with one attached hydrogen (secondary N) is 3. The fraction of sp³-hybridized carbons (Fsp3) is 0.429. The van der Waals surface area contributed by atoms with Crippen LogP contribution in [0.1, 0.15) is 47.5 Å². The van der Waals surface area contributed by atoms with E-state index >= 15 is 0 Å². The quantitative estimate of drug-likeness (QED) is 0.214. The number of carbonyl (C=O) groups is 1. The highest BCUT2D eigenvalue weighted by atomic mass is 127. The fourth-order valence-corrected chi connectivity index (χ4v) is 2.75. The molecule has 1 aromatic heterocycles. The molecule has 0 spiro atoms. The maximum Gasteiger partial charge on any atom is 0.287 e. The number of nitrogens with zero attached hydrogens (tertiary/aromatic N) is 1. The number of guanidine groups is 1. The average molecular weight is 498 g/mol.